The van der Waals surface area contributed by atoms with Crippen LogP contribution in [0.5, 0.6) is 0 Å². The lowest BCUT2D eigenvalue weighted by atomic mass is 9.95. The standard InChI is InChI=1S/C11H15IN2.C5H5IN2/c12-10-6-7-13-8-11(10)14-9-4-2-1-3-5-9;6-4-1-2-8-3-5(4)7/h6-9,14H,1-5H2;1-3H,7H2. The van der Waals surface area contributed by atoms with Crippen LogP contribution >= 0.6 is 45.2 Å². The van der Waals surface area contributed by atoms with E-state index in [2.05, 4.69) is 60.5 Å². The molecule has 1 aliphatic rings. The quantitative estimate of drug-likeness (QED) is 0.562. The van der Waals surface area contributed by atoms with E-state index in [-0.39, 0.29) is 0 Å². The summed E-state index contributed by atoms with van der Waals surface area (Å²) in [5, 5.41) is 3.58. The van der Waals surface area contributed by atoms with Crippen LogP contribution in [0, 0.1) is 7.14 Å². The first-order valence-electron chi connectivity index (χ1n) is 7.38. The molecule has 3 N–H and O–H groups in total. The van der Waals surface area contributed by atoms with Gasteiger partial charge in [-0.3, -0.25) is 9.97 Å². The van der Waals surface area contributed by atoms with Crippen LogP contribution in [0.2, 0.25) is 0 Å². The average Bonchev–Trinajstić information content (AvgIpc) is 2.54. The molecule has 6 heteroatoms. The minimum atomic E-state index is 0.668. The molecule has 0 bridgehead atoms. The Bertz CT molecular complexity index is 565. The fourth-order valence-corrected chi connectivity index (χ4v) is 3.10. The second-order valence-corrected chi connectivity index (χ2v) is 7.56. The largest absolute Gasteiger partial charge is 0.397 e. The van der Waals surface area contributed by atoms with E-state index in [0.717, 1.165) is 9.26 Å². The van der Waals surface area contributed by atoms with Crippen molar-refractivity contribution in [2.24, 2.45) is 0 Å². The van der Waals surface area contributed by atoms with Gasteiger partial charge in [0.05, 0.1) is 23.8 Å². The molecule has 2 heterocycles. The van der Waals surface area contributed by atoms with Crippen LogP contribution in [0.1, 0.15) is 32.1 Å². The SMILES string of the molecule is Ic1ccncc1NC1CCCCC1.Nc1cnccc1I. The van der Waals surface area contributed by atoms with Crippen molar-refractivity contribution in [3.63, 3.8) is 0 Å². The normalized spacial score (nSPS) is 14.8. The molecule has 0 radical (unpaired) electrons. The van der Waals surface area contributed by atoms with Crippen LogP contribution in [0.3, 0.4) is 0 Å². The zero-order valence-electron chi connectivity index (χ0n) is 12.3. The van der Waals surface area contributed by atoms with Gasteiger partial charge in [-0.15, -0.1) is 0 Å². The van der Waals surface area contributed by atoms with Gasteiger partial charge in [-0.2, -0.15) is 0 Å². The number of rotatable bonds is 2. The lowest BCUT2D eigenvalue weighted by Crippen LogP contribution is -2.22. The van der Waals surface area contributed by atoms with Gasteiger partial charge in [-0.1, -0.05) is 19.3 Å². The van der Waals surface area contributed by atoms with Gasteiger partial charge in [0.25, 0.3) is 0 Å². The van der Waals surface area contributed by atoms with E-state index in [0.29, 0.717) is 6.04 Å². The van der Waals surface area contributed by atoms with Gasteiger partial charge in [0.2, 0.25) is 0 Å². The van der Waals surface area contributed by atoms with Gasteiger partial charge in [-0.25, -0.2) is 0 Å². The van der Waals surface area contributed by atoms with Crippen molar-refractivity contribution in [2.45, 2.75) is 38.1 Å². The summed E-state index contributed by atoms with van der Waals surface area (Å²) in [6, 6.07) is 4.59. The van der Waals surface area contributed by atoms with Gasteiger partial charge in [-0.05, 0) is 70.2 Å². The van der Waals surface area contributed by atoms with E-state index in [1.807, 2.05) is 24.5 Å². The van der Waals surface area contributed by atoms with E-state index in [4.69, 9.17) is 5.73 Å². The first kappa shape index (κ1) is 17.7. The number of nitrogens with two attached hydrogens (primary N) is 1. The topological polar surface area (TPSA) is 63.8 Å². The number of anilines is 2. The third kappa shape index (κ3) is 5.86. The molecule has 0 spiro atoms. The maximum Gasteiger partial charge on any atom is 0.0664 e. The van der Waals surface area contributed by atoms with Crippen molar-refractivity contribution in [3.05, 3.63) is 44.1 Å². The van der Waals surface area contributed by atoms with Crippen molar-refractivity contribution in [2.75, 3.05) is 11.1 Å². The maximum absolute atomic E-state index is 5.45. The summed E-state index contributed by atoms with van der Waals surface area (Å²) >= 11 is 4.51. The third-order valence-electron chi connectivity index (χ3n) is 3.53. The summed E-state index contributed by atoms with van der Waals surface area (Å²) in [6.45, 7) is 0. The van der Waals surface area contributed by atoms with Crippen LogP contribution in [0.4, 0.5) is 11.4 Å². The summed E-state index contributed by atoms with van der Waals surface area (Å²) in [7, 11) is 0. The first-order valence-corrected chi connectivity index (χ1v) is 9.53. The molecule has 0 aliphatic heterocycles. The van der Waals surface area contributed by atoms with Crippen LogP contribution in [-0.4, -0.2) is 16.0 Å². The number of nitrogens with one attached hydrogen (secondary N) is 1. The Morgan fingerprint density at radius 1 is 0.955 bits per heavy atom. The molecule has 118 valence electrons. The molecule has 2 aromatic rings. The fourth-order valence-electron chi connectivity index (χ4n) is 2.34. The van der Waals surface area contributed by atoms with Gasteiger partial charge >= 0.3 is 0 Å². The second kappa shape index (κ2) is 9.49. The van der Waals surface area contributed by atoms with Crippen LogP contribution in [-0.2, 0) is 0 Å². The molecule has 3 rings (SSSR count). The van der Waals surface area contributed by atoms with Crippen molar-refractivity contribution in [1.82, 2.24) is 9.97 Å². The molecule has 1 aliphatic carbocycles. The summed E-state index contributed by atoms with van der Waals surface area (Å²) in [5.74, 6) is 0. The van der Waals surface area contributed by atoms with Gasteiger partial charge in [0.1, 0.15) is 0 Å². The highest BCUT2D eigenvalue weighted by Gasteiger charge is 2.13. The number of hydrogen-bond donors (Lipinski definition) is 2. The first-order chi connectivity index (χ1) is 10.7. The highest BCUT2D eigenvalue weighted by molar-refractivity contribution is 14.1. The number of nitrogens with zero attached hydrogens (tertiary/aromatic N) is 2. The predicted octanol–water partition coefficient (Wildman–Crippen LogP) is 4.70. The Kier molecular flexibility index (Phi) is 7.64. The molecule has 0 aromatic carbocycles. The minimum Gasteiger partial charge on any atom is -0.397 e. The number of pyridine rings is 2. The Labute approximate surface area is 159 Å². The van der Waals surface area contributed by atoms with E-state index in [1.165, 1.54) is 41.4 Å². The minimum absolute atomic E-state index is 0.668. The molecule has 2 aromatic heterocycles. The maximum atomic E-state index is 5.45. The third-order valence-corrected chi connectivity index (χ3v) is 5.45. The smallest absolute Gasteiger partial charge is 0.0664 e. The zero-order valence-corrected chi connectivity index (χ0v) is 16.6. The van der Waals surface area contributed by atoms with E-state index < -0.39 is 0 Å². The molecular formula is C16H20I2N4. The van der Waals surface area contributed by atoms with E-state index >= 15 is 0 Å². The van der Waals surface area contributed by atoms with Crippen molar-refractivity contribution in [1.29, 1.82) is 0 Å². The zero-order chi connectivity index (χ0) is 15.8. The number of halogens is 2. The number of aromatic nitrogens is 2. The van der Waals surface area contributed by atoms with E-state index in [9.17, 15) is 0 Å². The summed E-state index contributed by atoms with van der Waals surface area (Å²) in [4.78, 5) is 7.96. The van der Waals surface area contributed by atoms with Gasteiger partial charge in [0.15, 0.2) is 0 Å². The predicted molar refractivity (Wildman–Crippen MR) is 109 cm³/mol. The molecule has 0 atom stereocenters. The molecule has 4 nitrogen and oxygen atoms in total. The number of nitrogen functional groups attached to an aromatic ring is 1. The molecule has 0 unspecified atom stereocenters. The molecule has 22 heavy (non-hydrogen) atoms. The van der Waals surface area contributed by atoms with Gasteiger partial charge in [0, 0.05) is 25.6 Å². The second-order valence-electron chi connectivity index (χ2n) is 5.23. The summed E-state index contributed by atoms with van der Waals surface area (Å²) in [5.41, 5.74) is 7.39. The Hall–Kier alpha value is -0.640. The highest BCUT2D eigenvalue weighted by Crippen LogP contribution is 2.23. The monoisotopic (exact) mass is 522 g/mol. The Morgan fingerprint density at radius 3 is 2.14 bits per heavy atom. The Balaban J connectivity index is 0.000000188. The Morgan fingerprint density at radius 2 is 1.59 bits per heavy atom. The van der Waals surface area contributed by atoms with Crippen molar-refractivity contribution in [3.8, 4) is 0 Å². The molecular weight excluding hydrogens is 502 g/mol. The number of hydrogen-bond acceptors (Lipinski definition) is 4. The van der Waals surface area contributed by atoms with E-state index in [1.54, 1.807) is 12.4 Å². The van der Waals surface area contributed by atoms with Crippen molar-refractivity contribution < 1.29 is 0 Å². The molecule has 0 saturated heterocycles. The fraction of sp³-hybridized carbons (Fsp3) is 0.375. The summed E-state index contributed by atoms with van der Waals surface area (Å²) in [6.07, 6.45) is 13.9. The molecule has 1 fully saturated rings. The van der Waals surface area contributed by atoms with Crippen LogP contribution in [0.25, 0.3) is 0 Å². The molecule has 0 amide bonds. The lowest BCUT2D eigenvalue weighted by molar-refractivity contribution is 0.462. The summed E-state index contributed by atoms with van der Waals surface area (Å²) < 4.78 is 2.32. The van der Waals surface area contributed by atoms with Gasteiger partial charge < -0.3 is 11.1 Å². The van der Waals surface area contributed by atoms with Crippen LogP contribution < -0.4 is 11.1 Å². The lowest BCUT2D eigenvalue weighted by Gasteiger charge is -2.24. The molecule has 1 saturated carbocycles. The average molecular weight is 522 g/mol. The van der Waals surface area contributed by atoms with Crippen LogP contribution in [0.15, 0.2) is 36.9 Å². The van der Waals surface area contributed by atoms with Crippen molar-refractivity contribution >= 4 is 56.6 Å². The highest BCUT2D eigenvalue weighted by atomic mass is 127.